The highest BCUT2D eigenvalue weighted by Gasteiger charge is 2.13. The minimum Gasteiger partial charge on any atom is -0.454 e. The second kappa shape index (κ2) is 5.83. The molecule has 1 aliphatic carbocycles. The van der Waals surface area contributed by atoms with Crippen LogP contribution in [-0.4, -0.2) is 12.8 Å². The van der Waals surface area contributed by atoms with Crippen molar-refractivity contribution in [3.63, 3.8) is 0 Å². The first-order chi connectivity index (χ1) is 11.3. The van der Waals surface area contributed by atoms with Gasteiger partial charge < -0.3 is 20.5 Å². The van der Waals surface area contributed by atoms with E-state index < -0.39 is 0 Å². The van der Waals surface area contributed by atoms with Crippen LogP contribution < -0.4 is 20.5 Å². The molecule has 0 saturated heterocycles. The van der Waals surface area contributed by atoms with Gasteiger partial charge in [-0.05, 0) is 60.2 Å². The van der Waals surface area contributed by atoms with Gasteiger partial charge in [0.1, 0.15) is 0 Å². The highest BCUT2D eigenvalue weighted by Crippen LogP contribution is 2.32. The second-order valence-electron chi connectivity index (χ2n) is 5.85. The molecule has 2 aromatic carbocycles. The fourth-order valence-electron chi connectivity index (χ4n) is 3.05. The normalized spacial score (nSPS) is 15.6. The summed E-state index contributed by atoms with van der Waals surface area (Å²) in [6, 6.07) is 12.2. The molecule has 5 heteroatoms. The van der Waals surface area contributed by atoms with E-state index in [1.54, 1.807) is 0 Å². The molecule has 2 aliphatic rings. The molecule has 2 aromatic rings. The number of aliphatic imine (C=N–C) groups is 1. The van der Waals surface area contributed by atoms with Crippen molar-refractivity contribution in [3.05, 3.63) is 53.1 Å². The quantitative estimate of drug-likeness (QED) is 0.676. The molecule has 4 rings (SSSR count). The lowest BCUT2D eigenvalue weighted by molar-refractivity contribution is 0.174. The largest absolute Gasteiger partial charge is 0.454 e. The summed E-state index contributed by atoms with van der Waals surface area (Å²) in [5.74, 6) is 1.96. The van der Waals surface area contributed by atoms with Gasteiger partial charge in [0.15, 0.2) is 17.5 Å². The van der Waals surface area contributed by atoms with Crippen LogP contribution in [0.15, 0.2) is 41.4 Å². The number of nitrogens with zero attached hydrogens (tertiary/aromatic N) is 1. The van der Waals surface area contributed by atoms with Crippen LogP contribution in [0.4, 0.5) is 5.69 Å². The molecule has 23 heavy (non-hydrogen) atoms. The highest BCUT2D eigenvalue weighted by atomic mass is 16.7. The van der Waals surface area contributed by atoms with Gasteiger partial charge in [0.25, 0.3) is 0 Å². The average Bonchev–Trinajstić information content (AvgIpc) is 3.20. The van der Waals surface area contributed by atoms with Gasteiger partial charge in [-0.1, -0.05) is 12.1 Å². The number of guanidine groups is 1. The highest BCUT2D eigenvalue weighted by molar-refractivity contribution is 5.92. The molecule has 1 aliphatic heterocycles. The number of aryl methyl sites for hydroxylation is 2. The van der Waals surface area contributed by atoms with Gasteiger partial charge in [0.2, 0.25) is 6.79 Å². The Morgan fingerprint density at radius 2 is 1.91 bits per heavy atom. The number of nitrogens with one attached hydrogen (secondary N) is 1. The van der Waals surface area contributed by atoms with E-state index in [4.69, 9.17) is 15.2 Å². The minimum absolute atomic E-state index is 0.282. The minimum atomic E-state index is 0.282. The fraction of sp³-hybridized carbons (Fsp3) is 0.278. The lowest BCUT2D eigenvalue weighted by Gasteiger charge is -2.08. The third-order valence-corrected chi connectivity index (χ3v) is 4.24. The first kappa shape index (κ1) is 13.9. The maximum absolute atomic E-state index is 5.99. The molecule has 0 radical (unpaired) electrons. The zero-order valence-electron chi connectivity index (χ0n) is 12.8. The molecule has 0 aromatic heterocycles. The molecule has 3 N–H and O–H groups in total. The molecule has 5 nitrogen and oxygen atoms in total. The summed E-state index contributed by atoms with van der Waals surface area (Å²) in [5.41, 5.74) is 10.9. The summed E-state index contributed by atoms with van der Waals surface area (Å²) in [6.45, 7) is 0.782. The summed E-state index contributed by atoms with van der Waals surface area (Å²) >= 11 is 0. The molecule has 118 valence electrons. The third kappa shape index (κ3) is 2.95. The van der Waals surface area contributed by atoms with Gasteiger partial charge in [0.05, 0.1) is 6.54 Å². The lowest BCUT2D eigenvalue weighted by atomic mass is 10.1. The molecular weight excluding hydrogens is 290 g/mol. The van der Waals surface area contributed by atoms with E-state index in [2.05, 4.69) is 28.5 Å². The van der Waals surface area contributed by atoms with Gasteiger partial charge in [0, 0.05) is 5.69 Å². The molecule has 0 bridgehead atoms. The third-order valence-electron chi connectivity index (χ3n) is 4.24. The SMILES string of the molecule is NC(=NCc1ccc2c(c1)OCO2)Nc1ccc2c(c1)CCC2. The van der Waals surface area contributed by atoms with E-state index in [1.165, 1.54) is 24.0 Å². The van der Waals surface area contributed by atoms with E-state index in [9.17, 15) is 0 Å². The van der Waals surface area contributed by atoms with Gasteiger partial charge in [-0.2, -0.15) is 0 Å². The number of anilines is 1. The summed E-state index contributed by atoms with van der Waals surface area (Å²) in [6.07, 6.45) is 3.58. The van der Waals surface area contributed by atoms with Crippen molar-refractivity contribution in [1.29, 1.82) is 0 Å². The molecular formula is C18H19N3O2. The summed E-state index contributed by atoms with van der Waals surface area (Å²) in [5, 5.41) is 3.17. The van der Waals surface area contributed by atoms with E-state index in [1.807, 2.05) is 18.2 Å². The Bertz CT molecular complexity index is 771. The topological polar surface area (TPSA) is 68.9 Å². The van der Waals surface area contributed by atoms with Gasteiger partial charge in [-0.3, -0.25) is 0 Å². The molecule has 0 saturated carbocycles. The standard InChI is InChI=1S/C18H19N3O2/c19-18(21-15-6-5-13-2-1-3-14(13)9-15)20-10-12-4-7-16-17(8-12)23-11-22-16/h4-9H,1-3,10-11H2,(H3,19,20,21). The van der Waals surface area contributed by atoms with Gasteiger partial charge >= 0.3 is 0 Å². The average molecular weight is 309 g/mol. The maximum atomic E-state index is 5.99. The molecule has 0 fully saturated rings. The van der Waals surface area contributed by atoms with Crippen LogP contribution in [0.2, 0.25) is 0 Å². The predicted molar refractivity (Wildman–Crippen MR) is 90.0 cm³/mol. The molecule has 1 heterocycles. The van der Waals surface area contributed by atoms with Crippen LogP contribution >= 0.6 is 0 Å². The van der Waals surface area contributed by atoms with Crippen molar-refractivity contribution in [1.82, 2.24) is 0 Å². The number of hydrogen-bond acceptors (Lipinski definition) is 3. The van der Waals surface area contributed by atoms with E-state index in [0.717, 1.165) is 29.2 Å². The van der Waals surface area contributed by atoms with Crippen LogP contribution in [0.5, 0.6) is 11.5 Å². The Balaban J connectivity index is 1.42. The Morgan fingerprint density at radius 3 is 2.87 bits per heavy atom. The van der Waals surface area contributed by atoms with Gasteiger partial charge in [-0.25, -0.2) is 4.99 Å². The smallest absolute Gasteiger partial charge is 0.231 e. The lowest BCUT2D eigenvalue weighted by Crippen LogP contribution is -2.22. The zero-order valence-corrected chi connectivity index (χ0v) is 12.8. The molecule has 0 amide bonds. The number of hydrogen-bond donors (Lipinski definition) is 2. The van der Waals surface area contributed by atoms with Crippen molar-refractivity contribution >= 4 is 11.6 Å². The van der Waals surface area contributed by atoms with Crippen LogP contribution in [0.3, 0.4) is 0 Å². The number of rotatable bonds is 3. The van der Waals surface area contributed by atoms with Crippen molar-refractivity contribution in [2.24, 2.45) is 10.7 Å². The van der Waals surface area contributed by atoms with Crippen molar-refractivity contribution in [3.8, 4) is 11.5 Å². The Morgan fingerprint density at radius 1 is 1.04 bits per heavy atom. The van der Waals surface area contributed by atoms with E-state index in [-0.39, 0.29) is 6.79 Å². The van der Waals surface area contributed by atoms with Crippen LogP contribution in [-0.2, 0) is 19.4 Å². The maximum Gasteiger partial charge on any atom is 0.231 e. The Kier molecular flexibility index (Phi) is 3.54. The summed E-state index contributed by atoms with van der Waals surface area (Å²) < 4.78 is 10.7. The fourth-order valence-corrected chi connectivity index (χ4v) is 3.05. The number of nitrogens with two attached hydrogens (primary N) is 1. The molecule has 0 spiro atoms. The second-order valence-corrected chi connectivity index (χ2v) is 5.85. The first-order valence-corrected chi connectivity index (χ1v) is 7.85. The Labute approximate surface area is 135 Å². The Hall–Kier alpha value is -2.69. The van der Waals surface area contributed by atoms with Crippen molar-refractivity contribution in [2.75, 3.05) is 12.1 Å². The number of benzene rings is 2. The molecule has 0 atom stereocenters. The van der Waals surface area contributed by atoms with Crippen LogP contribution in [0.25, 0.3) is 0 Å². The first-order valence-electron chi connectivity index (χ1n) is 7.85. The molecule has 0 unspecified atom stereocenters. The van der Waals surface area contributed by atoms with Gasteiger partial charge in [-0.15, -0.1) is 0 Å². The van der Waals surface area contributed by atoms with E-state index >= 15 is 0 Å². The number of fused-ring (bicyclic) bond motifs is 2. The van der Waals surface area contributed by atoms with Crippen molar-refractivity contribution < 1.29 is 9.47 Å². The van der Waals surface area contributed by atoms with Crippen LogP contribution in [0, 0.1) is 0 Å². The monoisotopic (exact) mass is 309 g/mol. The summed E-state index contributed by atoms with van der Waals surface area (Å²) in [4.78, 5) is 4.40. The predicted octanol–water partition coefficient (Wildman–Crippen LogP) is 2.83. The van der Waals surface area contributed by atoms with Crippen molar-refractivity contribution in [2.45, 2.75) is 25.8 Å². The van der Waals surface area contributed by atoms with E-state index in [0.29, 0.717) is 12.5 Å². The zero-order chi connectivity index (χ0) is 15.6. The van der Waals surface area contributed by atoms with Crippen LogP contribution in [0.1, 0.15) is 23.1 Å². The number of ether oxygens (including phenoxy) is 2. The summed E-state index contributed by atoms with van der Waals surface area (Å²) in [7, 11) is 0.